The molecule has 2 fully saturated rings. The monoisotopic (exact) mass is 320 g/mol. The molecule has 1 aliphatic carbocycles. The Labute approximate surface area is 138 Å². The zero-order valence-electron chi connectivity index (χ0n) is 13.3. The SMILES string of the molecule is Cc1c(Cl)cccc1NC(=O)CCN1CCC[C@H]2CCC[C@@H]21. The van der Waals surface area contributed by atoms with Gasteiger partial charge in [-0.05, 0) is 62.8 Å². The molecular formula is C18H25ClN2O. The van der Waals surface area contributed by atoms with E-state index in [1.54, 1.807) is 0 Å². The summed E-state index contributed by atoms with van der Waals surface area (Å²) in [5.41, 5.74) is 1.77. The Morgan fingerprint density at radius 1 is 1.32 bits per heavy atom. The first kappa shape index (κ1) is 15.8. The average molecular weight is 321 g/mol. The zero-order chi connectivity index (χ0) is 15.5. The highest BCUT2D eigenvalue weighted by molar-refractivity contribution is 6.31. The van der Waals surface area contributed by atoms with Crippen LogP contribution in [0.25, 0.3) is 0 Å². The highest BCUT2D eigenvalue weighted by atomic mass is 35.5. The van der Waals surface area contributed by atoms with E-state index in [1.165, 1.54) is 32.1 Å². The molecule has 1 aliphatic heterocycles. The molecule has 1 saturated heterocycles. The van der Waals surface area contributed by atoms with Gasteiger partial charge in [0, 0.05) is 29.7 Å². The van der Waals surface area contributed by atoms with E-state index in [9.17, 15) is 4.79 Å². The van der Waals surface area contributed by atoms with Gasteiger partial charge in [-0.15, -0.1) is 0 Å². The van der Waals surface area contributed by atoms with E-state index in [4.69, 9.17) is 11.6 Å². The minimum Gasteiger partial charge on any atom is -0.326 e. The molecule has 1 saturated carbocycles. The molecule has 1 aromatic rings. The molecule has 2 atom stereocenters. The van der Waals surface area contributed by atoms with Crippen molar-refractivity contribution in [3.8, 4) is 0 Å². The van der Waals surface area contributed by atoms with Gasteiger partial charge in [0.05, 0.1) is 0 Å². The smallest absolute Gasteiger partial charge is 0.225 e. The van der Waals surface area contributed by atoms with Crippen LogP contribution < -0.4 is 5.32 Å². The Morgan fingerprint density at radius 2 is 2.14 bits per heavy atom. The van der Waals surface area contributed by atoms with Crippen LogP contribution in [0.15, 0.2) is 18.2 Å². The topological polar surface area (TPSA) is 32.3 Å². The van der Waals surface area contributed by atoms with E-state index < -0.39 is 0 Å². The van der Waals surface area contributed by atoms with Crippen molar-refractivity contribution >= 4 is 23.2 Å². The van der Waals surface area contributed by atoms with Crippen molar-refractivity contribution in [1.29, 1.82) is 0 Å². The van der Waals surface area contributed by atoms with E-state index >= 15 is 0 Å². The minimum absolute atomic E-state index is 0.0884. The van der Waals surface area contributed by atoms with E-state index in [2.05, 4.69) is 10.2 Å². The molecule has 2 aliphatic rings. The molecule has 4 heteroatoms. The van der Waals surface area contributed by atoms with Gasteiger partial charge < -0.3 is 5.32 Å². The second-order valence-corrected chi connectivity index (χ2v) is 7.05. The summed E-state index contributed by atoms with van der Waals surface area (Å²) in [4.78, 5) is 14.8. The molecular weight excluding hydrogens is 296 g/mol. The van der Waals surface area contributed by atoms with E-state index in [1.807, 2.05) is 25.1 Å². The van der Waals surface area contributed by atoms with Crippen molar-refractivity contribution in [3.63, 3.8) is 0 Å². The Morgan fingerprint density at radius 3 is 3.00 bits per heavy atom. The molecule has 22 heavy (non-hydrogen) atoms. The van der Waals surface area contributed by atoms with Crippen LogP contribution in [0.2, 0.25) is 5.02 Å². The first-order valence-electron chi connectivity index (χ1n) is 8.44. The van der Waals surface area contributed by atoms with Crippen molar-refractivity contribution in [2.45, 2.75) is 51.5 Å². The number of fused-ring (bicyclic) bond motifs is 1. The van der Waals surface area contributed by atoms with Crippen LogP contribution in [0.5, 0.6) is 0 Å². The predicted octanol–water partition coefficient (Wildman–Crippen LogP) is 4.24. The lowest BCUT2D eigenvalue weighted by Gasteiger charge is -2.37. The molecule has 3 rings (SSSR count). The summed E-state index contributed by atoms with van der Waals surface area (Å²) >= 11 is 6.10. The van der Waals surface area contributed by atoms with Crippen molar-refractivity contribution in [1.82, 2.24) is 4.90 Å². The number of piperidine rings is 1. The van der Waals surface area contributed by atoms with E-state index in [0.29, 0.717) is 11.4 Å². The first-order chi connectivity index (χ1) is 10.6. The molecule has 1 amide bonds. The van der Waals surface area contributed by atoms with Gasteiger partial charge in [-0.1, -0.05) is 24.1 Å². The van der Waals surface area contributed by atoms with Crippen LogP contribution in [-0.4, -0.2) is 29.9 Å². The fourth-order valence-corrected chi connectivity index (χ4v) is 4.21. The lowest BCUT2D eigenvalue weighted by Crippen LogP contribution is -2.43. The van der Waals surface area contributed by atoms with Crippen LogP contribution in [0, 0.1) is 12.8 Å². The number of halogens is 1. The Hall–Kier alpha value is -1.06. The Bertz CT molecular complexity index is 546. The number of likely N-dealkylation sites (tertiary alicyclic amines) is 1. The van der Waals surface area contributed by atoms with Crippen molar-refractivity contribution in [2.24, 2.45) is 5.92 Å². The molecule has 1 aromatic carbocycles. The maximum atomic E-state index is 12.2. The van der Waals surface area contributed by atoms with Gasteiger partial charge in [-0.25, -0.2) is 0 Å². The summed E-state index contributed by atoms with van der Waals surface area (Å²) in [5.74, 6) is 0.970. The number of benzene rings is 1. The van der Waals surface area contributed by atoms with E-state index in [-0.39, 0.29) is 5.91 Å². The summed E-state index contributed by atoms with van der Waals surface area (Å²) in [6.45, 7) is 3.98. The number of carbonyl (C=O) groups excluding carboxylic acids is 1. The third kappa shape index (κ3) is 3.47. The van der Waals surface area contributed by atoms with Gasteiger partial charge in [0.25, 0.3) is 0 Å². The lowest BCUT2D eigenvalue weighted by atomic mass is 9.92. The second kappa shape index (κ2) is 7.01. The molecule has 3 nitrogen and oxygen atoms in total. The molecule has 1 N–H and O–H groups in total. The number of anilines is 1. The molecule has 0 aromatic heterocycles. The number of hydrogen-bond acceptors (Lipinski definition) is 2. The van der Waals surface area contributed by atoms with E-state index in [0.717, 1.165) is 36.3 Å². The van der Waals surface area contributed by atoms with Crippen molar-refractivity contribution in [2.75, 3.05) is 18.4 Å². The lowest BCUT2D eigenvalue weighted by molar-refractivity contribution is -0.116. The summed E-state index contributed by atoms with van der Waals surface area (Å²) in [6, 6.07) is 6.36. The third-order valence-corrected chi connectivity index (χ3v) is 5.69. The molecule has 1 heterocycles. The zero-order valence-corrected chi connectivity index (χ0v) is 14.0. The largest absolute Gasteiger partial charge is 0.326 e. The quantitative estimate of drug-likeness (QED) is 0.900. The van der Waals surface area contributed by atoms with Gasteiger partial charge in [0.1, 0.15) is 0 Å². The highest BCUT2D eigenvalue weighted by Gasteiger charge is 2.34. The Balaban J connectivity index is 1.53. The van der Waals surface area contributed by atoms with Gasteiger partial charge in [-0.3, -0.25) is 9.69 Å². The molecule has 0 spiro atoms. The van der Waals surface area contributed by atoms with Gasteiger partial charge in [0.15, 0.2) is 0 Å². The predicted molar refractivity (Wildman–Crippen MR) is 91.4 cm³/mol. The fraction of sp³-hybridized carbons (Fsp3) is 0.611. The second-order valence-electron chi connectivity index (χ2n) is 6.65. The maximum Gasteiger partial charge on any atom is 0.225 e. The molecule has 120 valence electrons. The first-order valence-corrected chi connectivity index (χ1v) is 8.82. The van der Waals surface area contributed by atoms with Crippen LogP contribution in [0.4, 0.5) is 5.69 Å². The number of carbonyl (C=O) groups is 1. The standard InChI is InChI=1S/C18H25ClN2O/c1-13-15(19)7-3-8-16(13)20-18(22)10-12-21-11-4-6-14-5-2-9-17(14)21/h3,7-8,14,17H,2,4-6,9-12H2,1H3,(H,20,22)/t14-,17+/m1/s1. The third-order valence-electron chi connectivity index (χ3n) is 5.28. The van der Waals surface area contributed by atoms with Crippen LogP contribution in [0.3, 0.4) is 0 Å². The summed E-state index contributed by atoms with van der Waals surface area (Å²) in [7, 11) is 0. The normalized spacial score (nSPS) is 25.0. The van der Waals surface area contributed by atoms with Crippen molar-refractivity contribution in [3.05, 3.63) is 28.8 Å². The fourth-order valence-electron chi connectivity index (χ4n) is 4.04. The highest BCUT2D eigenvalue weighted by Crippen LogP contribution is 2.36. The summed E-state index contributed by atoms with van der Waals surface area (Å²) in [6.07, 6.45) is 7.30. The number of rotatable bonds is 4. The summed E-state index contributed by atoms with van der Waals surface area (Å²) in [5, 5.41) is 3.70. The molecule has 0 unspecified atom stereocenters. The van der Waals surface area contributed by atoms with Crippen molar-refractivity contribution < 1.29 is 4.79 Å². The Kier molecular flexibility index (Phi) is 5.04. The van der Waals surface area contributed by atoms with Gasteiger partial charge in [-0.2, -0.15) is 0 Å². The molecule has 0 bridgehead atoms. The number of nitrogens with zero attached hydrogens (tertiary/aromatic N) is 1. The number of nitrogens with one attached hydrogen (secondary N) is 1. The minimum atomic E-state index is 0.0884. The van der Waals surface area contributed by atoms with Crippen LogP contribution >= 0.6 is 11.6 Å². The maximum absolute atomic E-state index is 12.2. The van der Waals surface area contributed by atoms with Gasteiger partial charge in [0.2, 0.25) is 5.91 Å². The van der Waals surface area contributed by atoms with Gasteiger partial charge >= 0.3 is 0 Å². The van der Waals surface area contributed by atoms with Crippen LogP contribution in [0.1, 0.15) is 44.1 Å². The molecule has 0 radical (unpaired) electrons. The van der Waals surface area contributed by atoms with Crippen LogP contribution in [-0.2, 0) is 4.79 Å². The average Bonchev–Trinajstić information content (AvgIpc) is 2.99. The number of amides is 1. The number of hydrogen-bond donors (Lipinski definition) is 1. The summed E-state index contributed by atoms with van der Waals surface area (Å²) < 4.78 is 0.